The molecular weight excluding hydrogens is 533 g/mol. The minimum Gasteiger partial charge on any atom is -0.427 e. The SMILES string of the molecule is CC(=O)Oc1ccc(C(=O)[C@@H]2[C@H](c3ccccc3F)C3(C(=O)c4ccccc4C3=O)[C@@H]3C=Cc4ccccc4N23)cc1. The Morgan fingerprint density at radius 3 is 2.10 bits per heavy atom. The quantitative estimate of drug-likeness (QED) is 0.131. The summed E-state index contributed by atoms with van der Waals surface area (Å²) in [5.41, 5.74) is 0.655. The molecule has 42 heavy (non-hydrogen) atoms. The molecule has 1 spiro atoms. The summed E-state index contributed by atoms with van der Waals surface area (Å²) in [5.74, 6) is -3.20. The van der Waals surface area contributed by atoms with Crippen molar-refractivity contribution in [2.75, 3.05) is 4.90 Å². The van der Waals surface area contributed by atoms with E-state index >= 15 is 4.39 Å². The van der Waals surface area contributed by atoms with Gasteiger partial charge in [-0.05, 0) is 47.5 Å². The highest BCUT2D eigenvalue weighted by Gasteiger charge is 2.71. The van der Waals surface area contributed by atoms with Crippen LogP contribution in [0.4, 0.5) is 10.1 Å². The highest BCUT2D eigenvalue weighted by Crippen LogP contribution is 2.61. The van der Waals surface area contributed by atoms with Crippen molar-refractivity contribution in [3.05, 3.63) is 137 Å². The Morgan fingerprint density at radius 1 is 0.810 bits per heavy atom. The van der Waals surface area contributed by atoms with Crippen molar-refractivity contribution in [3.8, 4) is 5.75 Å². The van der Waals surface area contributed by atoms with E-state index in [1.54, 1.807) is 48.5 Å². The number of anilines is 1. The van der Waals surface area contributed by atoms with Gasteiger partial charge in [-0.15, -0.1) is 0 Å². The molecule has 6 nitrogen and oxygen atoms in total. The van der Waals surface area contributed by atoms with Crippen LogP contribution in [0.3, 0.4) is 0 Å². The van der Waals surface area contributed by atoms with Crippen LogP contribution in [0.2, 0.25) is 0 Å². The summed E-state index contributed by atoms with van der Waals surface area (Å²) < 4.78 is 21.0. The lowest BCUT2D eigenvalue weighted by molar-refractivity contribution is -0.131. The monoisotopic (exact) mass is 557 g/mol. The van der Waals surface area contributed by atoms with Gasteiger partial charge >= 0.3 is 5.97 Å². The molecule has 7 heteroatoms. The van der Waals surface area contributed by atoms with Gasteiger partial charge in [-0.25, -0.2) is 4.39 Å². The molecule has 206 valence electrons. The summed E-state index contributed by atoms with van der Waals surface area (Å²) in [6.45, 7) is 1.28. The van der Waals surface area contributed by atoms with Crippen LogP contribution in [0.1, 0.15) is 55.0 Å². The average molecular weight is 558 g/mol. The van der Waals surface area contributed by atoms with E-state index in [1.165, 1.54) is 37.3 Å². The molecule has 3 aliphatic rings. The lowest BCUT2D eigenvalue weighted by atomic mass is 9.64. The molecule has 2 heterocycles. The second-order valence-electron chi connectivity index (χ2n) is 10.8. The third-order valence-electron chi connectivity index (χ3n) is 8.62. The molecule has 0 radical (unpaired) electrons. The zero-order valence-electron chi connectivity index (χ0n) is 22.5. The van der Waals surface area contributed by atoms with Gasteiger partial charge in [0.15, 0.2) is 17.3 Å². The zero-order chi connectivity index (χ0) is 29.2. The van der Waals surface area contributed by atoms with E-state index in [1.807, 2.05) is 35.2 Å². The Bertz CT molecular complexity index is 1810. The van der Waals surface area contributed by atoms with Crippen molar-refractivity contribution in [3.63, 3.8) is 0 Å². The third kappa shape index (κ3) is 3.49. The van der Waals surface area contributed by atoms with Crippen LogP contribution >= 0.6 is 0 Å². The number of hydrogen-bond acceptors (Lipinski definition) is 6. The van der Waals surface area contributed by atoms with E-state index in [0.29, 0.717) is 5.69 Å². The Hall–Kier alpha value is -5.17. The highest BCUT2D eigenvalue weighted by molar-refractivity contribution is 6.32. The number of nitrogens with zero attached hydrogens (tertiary/aromatic N) is 1. The molecule has 2 aliphatic heterocycles. The summed E-state index contributed by atoms with van der Waals surface area (Å²) in [6, 6.07) is 24.3. The summed E-state index contributed by atoms with van der Waals surface area (Å²) >= 11 is 0. The fraction of sp³-hybridized carbons (Fsp3) is 0.143. The van der Waals surface area contributed by atoms with Crippen LogP contribution < -0.4 is 9.64 Å². The van der Waals surface area contributed by atoms with E-state index < -0.39 is 46.8 Å². The van der Waals surface area contributed by atoms with Gasteiger partial charge in [0.25, 0.3) is 0 Å². The Kier molecular flexibility index (Phi) is 5.80. The van der Waals surface area contributed by atoms with Crippen LogP contribution in [0.25, 0.3) is 6.08 Å². The lowest BCUT2D eigenvalue weighted by Gasteiger charge is -2.37. The summed E-state index contributed by atoms with van der Waals surface area (Å²) in [4.78, 5) is 57.1. The molecule has 4 aromatic rings. The standard InChI is InChI=1S/C35H24FNO5/c1-20(38)42-23-17-14-22(15-18-23)32(39)31-30(26-11-5-6-12-27(26)36)35(33(40)24-9-3-4-10-25(24)34(35)41)29-19-16-21-8-2-7-13-28(21)37(29)31/h2-19,29-31H,1H3/t29-,30-,31-/m0/s1. The molecule has 0 unspecified atom stereocenters. The van der Waals surface area contributed by atoms with Gasteiger partial charge in [0.05, 0.1) is 6.04 Å². The van der Waals surface area contributed by atoms with Gasteiger partial charge in [-0.3, -0.25) is 19.2 Å². The highest BCUT2D eigenvalue weighted by atomic mass is 19.1. The first-order chi connectivity index (χ1) is 20.3. The predicted molar refractivity (Wildman–Crippen MR) is 154 cm³/mol. The van der Waals surface area contributed by atoms with Gasteiger partial charge in [0.1, 0.15) is 23.0 Å². The number of benzene rings is 4. The molecule has 1 aliphatic carbocycles. The number of ether oxygens (including phenoxy) is 1. The van der Waals surface area contributed by atoms with Crippen LogP contribution in [-0.2, 0) is 4.79 Å². The molecular formula is C35H24FNO5. The zero-order valence-corrected chi connectivity index (χ0v) is 22.5. The number of carbonyl (C=O) groups is 4. The number of ketones is 3. The number of para-hydroxylation sites is 1. The number of hydrogen-bond donors (Lipinski definition) is 0. The predicted octanol–water partition coefficient (Wildman–Crippen LogP) is 6.07. The van der Waals surface area contributed by atoms with E-state index in [9.17, 15) is 19.2 Å². The minimum atomic E-state index is -1.78. The van der Waals surface area contributed by atoms with Crippen LogP contribution in [0.5, 0.6) is 5.75 Å². The first-order valence-corrected chi connectivity index (χ1v) is 13.7. The smallest absolute Gasteiger partial charge is 0.308 e. The Labute approximate surface area is 241 Å². The first-order valence-electron chi connectivity index (χ1n) is 13.7. The summed E-state index contributed by atoms with van der Waals surface area (Å²) in [7, 11) is 0. The third-order valence-corrected chi connectivity index (χ3v) is 8.62. The maximum Gasteiger partial charge on any atom is 0.308 e. The fourth-order valence-electron chi connectivity index (χ4n) is 7.01. The van der Waals surface area contributed by atoms with Crippen molar-refractivity contribution in [1.29, 1.82) is 0 Å². The molecule has 3 atom stereocenters. The molecule has 1 saturated heterocycles. The Balaban J connectivity index is 1.50. The molecule has 0 saturated carbocycles. The van der Waals surface area contributed by atoms with Crippen molar-refractivity contribution < 1.29 is 28.3 Å². The normalized spacial score (nSPS) is 21.2. The summed E-state index contributed by atoms with van der Waals surface area (Å²) in [5, 5.41) is 0. The van der Waals surface area contributed by atoms with Gasteiger partial charge in [-0.1, -0.05) is 72.8 Å². The first kappa shape index (κ1) is 25.8. The van der Waals surface area contributed by atoms with Gasteiger partial charge in [0.2, 0.25) is 0 Å². The molecule has 1 fully saturated rings. The van der Waals surface area contributed by atoms with E-state index in [2.05, 4.69) is 0 Å². The number of Topliss-reactive ketones (excluding diaryl/α,β-unsaturated/α-hetero) is 3. The van der Waals surface area contributed by atoms with Crippen LogP contribution in [0, 0.1) is 11.2 Å². The van der Waals surface area contributed by atoms with E-state index in [-0.39, 0.29) is 33.8 Å². The van der Waals surface area contributed by atoms with Crippen molar-refractivity contribution in [2.24, 2.45) is 5.41 Å². The van der Waals surface area contributed by atoms with Crippen molar-refractivity contribution in [1.82, 2.24) is 0 Å². The number of rotatable bonds is 4. The van der Waals surface area contributed by atoms with Gasteiger partial charge < -0.3 is 9.64 Å². The fourth-order valence-corrected chi connectivity index (χ4v) is 7.01. The Morgan fingerprint density at radius 2 is 1.43 bits per heavy atom. The second-order valence-corrected chi connectivity index (χ2v) is 10.8. The molecule has 0 aromatic heterocycles. The lowest BCUT2D eigenvalue weighted by Crippen LogP contribution is -2.48. The van der Waals surface area contributed by atoms with Crippen LogP contribution in [0.15, 0.2) is 103 Å². The van der Waals surface area contributed by atoms with Crippen LogP contribution in [-0.4, -0.2) is 35.4 Å². The van der Waals surface area contributed by atoms with E-state index in [0.717, 1.165) is 5.56 Å². The second kappa shape index (κ2) is 9.45. The van der Waals surface area contributed by atoms with Gasteiger partial charge in [-0.2, -0.15) is 0 Å². The molecule has 0 amide bonds. The maximum absolute atomic E-state index is 15.8. The van der Waals surface area contributed by atoms with Gasteiger partial charge in [0, 0.05) is 35.2 Å². The largest absolute Gasteiger partial charge is 0.427 e. The average Bonchev–Trinajstić information content (AvgIpc) is 3.43. The topological polar surface area (TPSA) is 80.8 Å². The van der Waals surface area contributed by atoms with Crippen molar-refractivity contribution in [2.45, 2.75) is 24.9 Å². The summed E-state index contributed by atoms with van der Waals surface area (Å²) in [6.07, 6.45) is 3.66. The number of halogens is 1. The minimum absolute atomic E-state index is 0.127. The maximum atomic E-state index is 15.8. The number of fused-ring (bicyclic) bond motifs is 5. The van der Waals surface area contributed by atoms with E-state index in [4.69, 9.17) is 4.74 Å². The molecule has 0 bridgehead atoms. The molecule has 7 rings (SSSR count). The molecule has 4 aromatic carbocycles. The number of esters is 1. The molecule has 0 N–H and O–H groups in total. The number of carbonyl (C=O) groups excluding carboxylic acids is 4. The van der Waals surface area contributed by atoms with Crippen molar-refractivity contribution >= 4 is 35.1 Å².